The molecule has 0 unspecified atom stereocenters. The van der Waals surface area contributed by atoms with Gasteiger partial charge in [0.05, 0.1) is 30.4 Å². The van der Waals surface area contributed by atoms with Gasteiger partial charge in [0.15, 0.2) is 0 Å². The molecule has 4 N–H and O–H groups in total. The van der Waals surface area contributed by atoms with E-state index in [9.17, 15) is 29.1 Å². The molecule has 286 valence electrons. The summed E-state index contributed by atoms with van der Waals surface area (Å²) in [5.41, 5.74) is 3.18. The van der Waals surface area contributed by atoms with Crippen molar-refractivity contribution in [2.45, 2.75) is 75.7 Å². The summed E-state index contributed by atoms with van der Waals surface area (Å²) in [6.45, 7) is 5.21. The molecule has 1 aliphatic heterocycles. The Kier molecular flexibility index (Phi) is 10.5. The average Bonchev–Trinajstić information content (AvgIpc) is 3.99. The van der Waals surface area contributed by atoms with E-state index in [2.05, 4.69) is 45.2 Å². The monoisotopic (exact) mass is 746 g/mol. The van der Waals surface area contributed by atoms with Crippen LogP contribution in [0.15, 0.2) is 97.5 Å². The van der Waals surface area contributed by atoms with E-state index in [0.29, 0.717) is 16.8 Å². The normalized spacial score (nSPS) is 23.3. The third kappa shape index (κ3) is 9.05. The number of benzene rings is 3. The SMILES string of the molecule is CC(C)(C)OC(=O)N[C@@H](Cn1cnc(-c2ccc(C(=O)N3C[C@@H](C(=O)N[C@H]4C[C@@H]4c4ccccc4)[C@H](C(=O)N[C@H]4C[C@@H]4c4ccccc4)C3)cc2)c1)C(=O)O. The van der Waals surface area contributed by atoms with Crippen LogP contribution in [0.3, 0.4) is 0 Å². The van der Waals surface area contributed by atoms with Crippen LogP contribution in [0.25, 0.3) is 11.3 Å². The topological polar surface area (TPSA) is 172 Å². The highest BCUT2D eigenvalue weighted by Crippen LogP contribution is 2.42. The van der Waals surface area contributed by atoms with Crippen molar-refractivity contribution in [1.29, 1.82) is 0 Å². The molecular formula is C42H46N6O7. The van der Waals surface area contributed by atoms with Crippen molar-refractivity contribution in [2.75, 3.05) is 13.1 Å². The van der Waals surface area contributed by atoms with Crippen LogP contribution in [-0.4, -0.2) is 86.2 Å². The number of aliphatic carboxylic acids is 1. The van der Waals surface area contributed by atoms with Gasteiger partial charge in [0.1, 0.15) is 11.6 Å². The fraction of sp³-hybridized carbons (Fsp3) is 0.381. The number of hydrogen-bond donors (Lipinski definition) is 4. The summed E-state index contributed by atoms with van der Waals surface area (Å²) in [4.78, 5) is 71.5. The average molecular weight is 747 g/mol. The molecule has 2 saturated carbocycles. The van der Waals surface area contributed by atoms with Gasteiger partial charge in [0.2, 0.25) is 11.8 Å². The van der Waals surface area contributed by atoms with Crippen LogP contribution in [-0.2, 0) is 25.7 Å². The molecule has 13 nitrogen and oxygen atoms in total. The van der Waals surface area contributed by atoms with Gasteiger partial charge in [-0.05, 0) is 56.9 Å². The molecule has 3 aromatic carbocycles. The van der Waals surface area contributed by atoms with E-state index in [1.165, 1.54) is 17.5 Å². The number of carbonyl (C=O) groups excluding carboxylic acids is 4. The molecule has 2 aliphatic carbocycles. The molecule has 0 bridgehead atoms. The second-order valence-electron chi connectivity index (χ2n) is 15.7. The van der Waals surface area contributed by atoms with Crippen molar-refractivity contribution < 1.29 is 33.8 Å². The number of alkyl carbamates (subject to hydrolysis) is 1. The number of carboxylic acid groups (broad SMARTS) is 1. The van der Waals surface area contributed by atoms with Crippen LogP contribution in [0.5, 0.6) is 0 Å². The van der Waals surface area contributed by atoms with Crippen LogP contribution < -0.4 is 16.0 Å². The molecule has 4 amide bonds. The maximum atomic E-state index is 13.9. The molecule has 55 heavy (non-hydrogen) atoms. The van der Waals surface area contributed by atoms with Crippen molar-refractivity contribution in [3.05, 3.63) is 114 Å². The second kappa shape index (κ2) is 15.4. The van der Waals surface area contributed by atoms with E-state index in [-0.39, 0.29) is 61.3 Å². The number of rotatable bonds is 12. The van der Waals surface area contributed by atoms with Crippen molar-refractivity contribution in [3.63, 3.8) is 0 Å². The first-order chi connectivity index (χ1) is 26.3. The molecule has 1 aromatic heterocycles. The lowest BCUT2D eigenvalue weighted by molar-refractivity contribution is -0.139. The van der Waals surface area contributed by atoms with Gasteiger partial charge in [-0.3, -0.25) is 14.4 Å². The fourth-order valence-electron chi connectivity index (χ4n) is 7.35. The quantitative estimate of drug-likeness (QED) is 0.163. The third-order valence-electron chi connectivity index (χ3n) is 10.4. The van der Waals surface area contributed by atoms with Crippen LogP contribution >= 0.6 is 0 Å². The largest absolute Gasteiger partial charge is 0.480 e. The van der Waals surface area contributed by atoms with Crippen LogP contribution in [0.4, 0.5) is 4.79 Å². The predicted molar refractivity (Wildman–Crippen MR) is 203 cm³/mol. The smallest absolute Gasteiger partial charge is 0.408 e. The summed E-state index contributed by atoms with van der Waals surface area (Å²) in [7, 11) is 0. The minimum absolute atomic E-state index is 0.0125. The molecule has 3 aliphatic rings. The number of nitrogens with one attached hydrogen (secondary N) is 3. The number of ether oxygens (including phenoxy) is 1. The number of aromatic nitrogens is 2. The Morgan fingerprint density at radius 2 is 1.33 bits per heavy atom. The summed E-state index contributed by atoms with van der Waals surface area (Å²) < 4.78 is 6.75. The van der Waals surface area contributed by atoms with E-state index >= 15 is 0 Å². The number of carbonyl (C=O) groups is 5. The van der Waals surface area contributed by atoms with E-state index in [4.69, 9.17) is 4.74 Å². The van der Waals surface area contributed by atoms with Crippen molar-refractivity contribution in [2.24, 2.45) is 11.8 Å². The summed E-state index contributed by atoms with van der Waals surface area (Å²) in [6, 6.07) is 25.6. The van der Waals surface area contributed by atoms with Crippen molar-refractivity contribution in [3.8, 4) is 11.3 Å². The van der Waals surface area contributed by atoms with Gasteiger partial charge in [-0.15, -0.1) is 0 Å². The van der Waals surface area contributed by atoms with E-state index < -0.39 is 35.5 Å². The Bertz CT molecular complexity index is 1970. The molecule has 7 rings (SSSR count). The molecule has 13 heteroatoms. The summed E-state index contributed by atoms with van der Waals surface area (Å²) in [5.74, 6) is -2.88. The van der Waals surface area contributed by atoms with Gasteiger partial charge in [-0.25, -0.2) is 14.6 Å². The number of imidazole rings is 1. The minimum atomic E-state index is -1.25. The zero-order chi connectivity index (χ0) is 38.9. The van der Waals surface area contributed by atoms with Crippen LogP contribution in [0, 0.1) is 11.8 Å². The van der Waals surface area contributed by atoms with Gasteiger partial charge in [0, 0.05) is 54.3 Å². The van der Waals surface area contributed by atoms with E-state index in [1.54, 1.807) is 60.7 Å². The fourth-order valence-corrected chi connectivity index (χ4v) is 7.35. The Hall–Kier alpha value is -5.98. The van der Waals surface area contributed by atoms with Gasteiger partial charge in [-0.2, -0.15) is 0 Å². The Balaban J connectivity index is 1.00. The number of hydrogen-bond acceptors (Lipinski definition) is 7. The molecule has 2 heterocycles. The third-order valence-corrected chi connectivity index (χ3v) is 10.4. The first-order valence-corrected chi connectivity index (χ1v) is 18.7. The molecule has 0 radical (unpaired) electrons. The number of carboxylic acids is 1. The second-order valence-corrected chi connectivity index (χ2v) is 15.7. The van der Waals surface area contributed by atoms with Gasteiger partial charge < -0.3 is 35.3 Å². The highest BCUT2D eigenvalue weighted by molar-refractivity contribution is 5.97. The summed E-state index contributed by atoms with van der Waals surface area (Å²) in [5, 5.41) is 18.4. The first kappa shape index (κ1) is 37.3. The highest BCUT2D eigenvalue weighted by atomic mass is 16.6. The lowest BCUT2D eigenvalue weighted by Crippen LogP contribution is -2.45. The summed E-state index contributed by atoms with van der Waals surface area (Å²) in [6.07, 6.45) is 3.94. The van der Waals surface area contributed by atoms with E-state index in [0.717, 1.165) is 12.8 Å². The van der Waals surface area contributed by atoms with Crippen molar-refractivity contribution in [1.82, 2.24) is 30.4 Å². The lowest BCUT2D eigenvalue weighted by Gasteiger charge is -2.22. The molecule has 0 spiro atoms. The number of nitrogens with zero attached hydrogens (tertiary/aromatic N) is 3. The van der Waals surface area contributed by atoms with Gasteiger partial charge in [-0.1, -0.05) is 72.8 Å². The minimum Gasteiger partial charge on any atom is -0.480 e. The number of likely N-dealkylation sites (tertiary alicyclic amines) is 1. The molecule has 1 saturated heterocycles. The Labute approximate surface area is 319 Å². The van der Waals surface area contributed by atoms with E-state index in [1.807, 2.05) is 36.4 Å². The highest BCUT2D eigenvalue weighted by Gasteiger charge is 2.49. The standard InChI is InChI=1S/C42H46N6O7/c1-42(2,3)55-41(54)46-36(40(52)53)23-47-22-35(43-24-47)27-14-16-28(17-15-27)39(51)48-20-31(37(49)44-33-18-29(33)25-10-6-4-7-11-25)32(21-48)38(50)45-34-19-30(34)26-12-8-5-9-13-26/h4-17,22,24,29-34,36H,18-21,23H2,1-3H3,(H,44,49)(H,45,50)(H,46,54)(H,52,53)/t29-,30-,31-,32-,33+,34+,36+/m1/s1. The van der Waals surface area contributed by atoms with Crippen LogP contribution in [0.1, 0.15) is 66.9 Å². The molecule has 7 atom stereocenters. The maximum absolute atomic E-state index is 13.9. The zero-order valence-electron chi connectivity index (χ0n) is 31.1. The Morgan fingerprint density at radius 3 is 1.82 bits per heavy atom. The van der Waals surface area contributed by atoms with Crippen LogP contribution in [0.2, 0.25) is 0 Å². The maximum Gasteiger partial charge on any atom is 0.408 e. The van der Waals surface area contributed by atoms with Crippen molar-refractivity contribution >= 4 is 29.8 Å². The van der Waals surface area contributed by atoms with Gasteiger partial charge >= 0.3 is 12.1 Å². The molecule has 4 aromatic rings. The Morgan fingerprint density at radius 1 is 0.800 bits per heavy atom. The first-order valence-electron chi connectivity index (χ1n) is 18.7. The molecule has 3 fully saturated rings. The summed E-state index contributed by atoms with van der Waals surface area (Å²) >= 11 is 0. The zero-order valence-corrected chi connectivity index (χ0v) is 31.1. The lowest BCUT2D eigenvalue weighted by atomic mass is 9.94. The molecular weight excluding hydrogens is 700 g/mol. The number of amides is 4. The van der Waals surface area contributed by atoms with Gasteiger partial charge in [0.25, 0.3) is 5.91 Å². The predicted octanol–water partition coefficient (Wildman–Crippen LogP) is 4.56.